The third kappa shape index (κ3) is 3.16. The van der Waals surface area contributed by atoms with Crippen LogP contribution in [0.1, 0.15) is 12.8 Å². The maximum atomic E-state index is 13.0. The number of rotatable bonds is 3. The monoisotopic (exact) mass is 258 g/mol. The molecule has 2 rings (SSSR count). The Hall–Kier alpha value is -1.23. The Morgan fingerprint density at radius 1 is 1.17 bits per heavy atom. The van der Waals surface area contributed by atoms with Crippen molar-refractivity contribution in [3.63, 3.8) is 0 Å². The smallest absolute Gasteiger partial charge is 0.194 e. The third-order valence-corrected chi connectivity index (χ3v) is 3.42. The predicted octanol–water partition coefficient (Wildman–Crippen LogP) is 2.86. The number of halogens is 3. The van der Waals surface area contributed by atoms with E-state index in [-0.39, 0.29) is 0 Å². The Labute approximate surface area is 105 Å². The molecule has 0 saturated carbocycles. The molecule has 2 nitrogen and oxygen atoms in total. The van der Waals surface area contributed by atoms with Gasteiger partial charge in [-0.2, -0.15) is 0 Å². The van der Waals surface area contributed by atoms with Crippen LogP contribution >= 0.6 is 0 Å². The van der Waals surface area contributed by atoms with Crippen molar-refractivity contribution in [3.05, 3.63) is 29.6 Å². The SMILES string of the molecule is CN1CCC(CNc2cc(F)c(F)c(F)c2)CC1. The van der Waals surface area contributed by atoms with E-state index in [1.54, 1.807) is 0 Å². The van der Waals surface area contributed by atoms with Gasteiger partial charge in [0, 0.05) is 24.4 Å². The summed E-state index contributed by atoms with van der Waals surface area (Å²) in [5.74, 6) is -3.22. The van der Waals surface area contributed by atoms with Crippen molar-refractivity contribution in [2.24, 2.45) is 5.92 Å². The van der Waals surface area contributed by atoms with Gasteiger partial charge < -0.3 is 10.2 Å². The molecule has 0 bridgehead atoms. The van der Waals surface area contributed by atoms with E-state index in [2.05, 4.69) is 17.3 Å². The Balaban J connectivity index is 1.90. The lowest BCUT2D eigenvalue weighted by Gasteiger charge is -2.29. The highest BCUT2D eigenvalue weighted by Gasteiger charge is 2.17. The third-order valence-electron chi connectivity index (χ3n) is 3.42. The zero-order valence-electron chi connectivity index (χ0n) is 10.3. The number of likely N-dealkylation sites (tertiary alicyclic amines) is 1. The van der Waals surface area contributed by atoms with E-state index in [0.29, 0.717) is 18.2 Å². The number of nitrogens with zero attached hydrogens (tertiary/aromatic N) is 1. The van der Waals surface area contributed by atoms with E-state index < -0.39 is 17.5 Å². The molecule has 1 fully saturated rings. The minimum absolute atomic E-state index is 0.297. The van der Waals surface area contributed by atoms with Crippen molar-refractivity contribution < 1.29 is 13.2 Å². The van der Waals surface area contributed by atoms with Crippen LogP contribution in [0.5, 0.6) is 0 Å². The summed E-state index contributed by atoms with van der Waals surface area (Å²) in [6, 6.07) is 1.99. The van der Waals surface area contributed by atoms with E-state index >= 15 is 0 Å². The summed E-state index contributed by atoms with van der Waals surface area (Å²) in [6.07, 6.45) is 2.13. The summed E-state index contributed by atoms with van der Waals surface area (Å²) in [6.45, 7) is 2.75. The molecule has 0 aliphatic carbocycles. The average molecular weight is 258 g/mol. The molecular formula is C13H17F3N2. The van der Waals surface area contributed by atoms with Gasteiger partial charge in [-0.15, -0.1) is 0 Å². The molecule has 1 heterocycles. The maximum absolute atomic E-state index is 13.0. The van der Waals surface area contributed by atoms with Gasteiger partial charge in [0.2, 0.25) is 0 Å². The molecule has 1 aromatic rings. The van der Waals surface area contributed by atoms with Crippen molar-refractivity contribution in [1.82, 2.24) is 4.90 Å². The largest absolute Gasteiger partial charge is 0.385 e. The molecule has 0 spiro atoms. The van der Waals surface area contributed by atoms with Crippen molar-refractivity contribution in [1.29, 1.82) is 0 Å². The van der Waals surface area contributed by atoms with Gasteiger partial charge in [-0.05, 0) is 38.9 Å². The normalized spacial score (nSPS) is 18.0. The molecule has 0 amide bonds. The van der Waals surface area contributed by atoms with Gasteiger partial charge in [0.05, 0.1) is 0 Å². The Bertz CT molecular complexity index is 392. The minimum atomic E-state index is -1.42. The summed E-state index contributed by atoms with van der Waals surface area (Å²) in [5.41, 5.74) is 0.297. The number of benzene rings is 1. The van der Waals surface area contributed by atoms with Crippen LogP contribution in [-0.4, -0.2) is 31.6 Å². The average Bonchev–Trinajstić information content (AvgIpc) is 2.35. The fourth-order valence-electron chi connectivity index (χ4n) is 2.19. The van der Waals surface area contributed by atoms with E-state index in [0.717, 1.165) is 38.1 Å². The molecule has 0 unspecified atom stereocenters. The first-order valence-electron chi connectivity index (χ1n) is 6.13. The van der Waals surface area contributed by atoms with Gasteiger partial charge in [-0.3, -0.25) is 0 Å². The molecule has 1 aliphatic rings. The van der Waals surface area contributed by atoms with Crippen molar-refractivity contribution in [2.75, 3.05) is 32.0 Å². The van der Waals surface area contributed by atoms with Crippen LogP contribution in [0.3, 0.4) is 0 Å². The van der Waals surface area contributed by atoms with Crippen molar-refractivity contribution >= 4 is 5.69 Å². The molecule has 18 heavy (non-hydrogen) atoms. The second kappa shape index (κ2) is 5.61. The second-order valence-corrected chi connectivity index (χ2v) is 4.88. The lowest BCUT2D eigenvalue weighted by molar-refractivity contribution is 0.226. The highest BCUT2D eigenvalue weighted by molar-refractivity contribution is 5.44. The Kier molecular flexibility index (Phi) is 4.11. The van der Waals surface area contributed by atoms with Crippen LogP contribution in [0, 0.1) is 23.4 Å². The fourth-order valence-corrected chi connectivity index (χ4v) is 2.19. The van der Waals surface area contributed by atoms with Crippen LogP contribution < -0.4 is 5.32 Å². The van der Waals surface area contributed by atoms with Gasteiger partial charge >= 0.3 is 0 Å². The number of anilines is 1. The Morgan fingerprint density at radius 3 is 2.28 bits per heavy atom. The number of nitrogens with one attached hydrogen (secondary N) is 1. The molecule has 5 heteroatoms. The lowest BCUT2D eigenvalue weighted by atomic mass is 9.97. The molecule has 0 aromatic heterocycles. The van der Waals surface area contributed by atoms with Crippen LogP contribution in [0.15, 0.2) is 12.1 Å². The first-order chi connectivity index (χ1) is 8.56. The number of hydrogen-bond donors (Lipinski definition) is 1. The summed E-state index contributed by atoms with van der Waals surface area (Å²) in [7, 11) is 2.08. The van der Waals surface area contributed by atoms with E-state index in [1.165, 1.54) is 0 Å². The van der Waals surface area contributed by atoms with Crippen LogP contribution in [-0.2, 0) is 0 Å². The fraction of sp³-hybridized carbons (Fsp3) is 0.538. The van der Waals surface area contributed by atoms with Crippen LogP contribution in [0.25, 0.3) is 0 Å². The topological polar surface area (TPSA) is 15.3 Å². The van der Waals surface area contributed by atoms with Gasteiger partial charge in [0.1, 0.15) is 0 Å². The van der Waals surface area contributed by atoms with Crippen molar-refractivity contribution in [3.8, 4) is 0 Å². The van der Waals surface area contributed by atoms with Gasteiger partial charge in [-0.25, -0.2) is 13.2 Å². The quantitative estimate of drug-likeness (QED) is 0.839. The van der Waals surface area contributed by atoms with E-state index in [4.69, 9.17) is 0 Å². The summed E-state index contributed by atoms with van der Waals surface area (Å²) in [4.78, 5) is 2.26. The molecular weight excluding hydrogens is 241 g/mol. The standard InChI is InChI=1S/C13H17F3N2/c1-18-4-2-9(3-5-18)8-17-10-6-11(14)13(16)12(15)7-10/h6-7,9,17H,2-5,8H2,1H3. The van der Waals surface area contributed by atoms with Crippen LogP contribution in [0.2, 0.25) is 0 Å². The summed E-state index contributed by atoms with van der Waals surface area (Å²) >= 11 is 0. The molecule has 1 saturated heterocycles. The van der Waals surface area contributed by atoms with Crippen molar-refractivity contribution in [2.45, 2.75) is 12.8 Å². The predicted molar refractivity (Wildman–Crippen MR) is 65.0 cm³/mol. The minimum Gasteiger partial charge on any atom is -0.385 e. The first-order valence-corrected chi connectivity index (χ1v) is 6.13. The zero-order chi connectivity index (χ0) is 13.1. The highest BCUT2D eigenvalue weighted by Crippen LogP contribution is 2.20. The summed E-state index contributed by atoms with van der Waals surface area (Å²) in [5, 5.41) is 2.97. The number of piperidine rings is 1. The summed E-state index contributed by atoms with van der Waals surface area (Å²) < 4.78 is 38.8. The molecule has 1 aromatic carbocycles. The Morgan fingerprint density at radius 2 is 1.72 bits per heavy atom. The van der Waals surface area contributed by atoms with Gasteiger partial charge in [0.25, 0.3) is 0 Å². The zero-order valence-corrected chi connectivity index (χ0v) is 10.3. The molecule has 100 valence electrons. The van der Waals surface area contributed by atoms with Gasteiger partial charge in [-0.1, -0.05) is 0 Å². The number of hydrogen-bond acceptors (Lipinski definition) is 2. The highest BCUT2D eigenvalue weighted by atomic mass is 19.2. The van der Waals surface area contributed by atoms with E-state index in [9.17, 15) is 13.2 Å². The molecule has 0 atom stereocenters. The molecule has 0 radical (unpaired) electrons. The van der Waals surface area contributed by atoms with Gasteiger partial charge in [0.15, 0.2) is 17.5 Å². The molecule has 1 N–H and O–H groups in total. The van der Waals surface area contributed by atoms with Crippen LogP contribution in [0.4, 0.5) is 18.9 Å². The first kappa shape index (κ1) is 13.2. The molecule has 1 aliphatic heterocycles. The maximum Gasteiger partial charge on any atom is 0.194 e. The lowest BCUT2D eigenvalue weighted by Crippen LogP contribution is -2.32. The van der Waals surface area contributed by atoms with E-state index in [1.807, 2.05) is 0 Å². The second-order valence-electron chi connectivity index (χ2n) is 4.88.